The second-order valence-electron chi connectivity index (χ2n) is 15.7. The average Bonchev–Trinajstić information content (AvgIpc) is 3.73. The number of nitrogens with zero attached hydrogens (tertiary/aromatic N) is 2. The third-order valence-corrected chi connectivity index (χ3v) is 12.0. The van der Waals surface area contributed by atoms with E-state index < -0.39 is 0 Å². The lowest BCUT2D eigenvalue weighted by Crippen LogP contribution is -2.14. The van der Waals surface area contributed by atoms with Crippen LogP contribution in [0.3, 0.4) is 0 Å². The Morgan fingerprint density at radius 2 is 0.887 bits per heavy atom. The summed E-state index contributed by atoms with van der Waals surface area (Å²) in [5.41, 5.74) is 14.6. The summed E-state index contributed by atoms with van der Waals surface area (Å²) in [7, 11) is 0. The van der Waals surface area contributed by atoms with Gasteiger partial charge in [0.1, 0.15) is 16.9 Å². The molecule has 0 aliphatic carbocycles. The lowest BCUT2D eigenvalue weighted by molar-refractivity contribution is 0.488. The van der Waals surface area contributed by atoms with Crippen molar-refractivity contribution in [2.75, 3.05) is 9.80 Å². The van der Waals surface area contributed by atoms with Gasteiger partial charge < -0.3 is 19.0 Å². The van der Waals surface area contributed by atoms with Gasteiger partial charge in [0.2, 0.25) is 0 Å². The van der Waals surface area contributed by atoms with Crippen LogP contribution in [-0.2, 0) is 0 Å². The molecule has 0 N–H and O–H groups in total. The summed E-state index contributed by atoms with van der Waals surface area (Å²) in [5.74, 6) is 1.63. The summed E-state index contributed by atoms with van der Waals surface area (Å²) < 4.78 is 13.7. The van der Waals surface area contributed by atoms with Crippen molar-refractivity contribution in [3.8, 4) is 44.9 Å². The number of ether oxygens (including phenoxy) is 1. The fraction of sp³-hybridized carbons (Fsp3) is 0. The normalized spacial score (nSPS) is 11.7. The highest BCUT2D eigenvalue weighted by Crippen LogP contribution is 2.56. The second-order valence-corrected chi connectivity index (χ2v) is 15.7. The predicted molar refractivity (Wildman–Crippen MR) is 257 cm³/mol. The fourth-order valence-corrected chi connectivity index (χ4v) is 9.20. The van der Waals surface area contributed by atoms with Gasteiger partial charge in [-0.25, -0.2) is 0 Å². The van der Waals surface area contributed by atoms with Crippen LogP contribution in [0.2, 0.25) is 0 Å². The van der Waals surface area contributed by atoms with E-state index in [1.807, 2.05) is 12.1 Å². The van der Waals surface area contributed by atoms with Crippen LogP contribution in [-0.4, -0.2) is 0 Å². The maximum atomic E-state index is 7.21. The summed E-state index contributed by atoms with van der Waals surface area (Å²) in [4.78, 5) is 4.64. The van der Waals surface area contributed by atoms with Crippen LogP contribution in [0.1, 0.15) is 0 Å². The largest absolute Gasteiger partial charge is 0.455 e. The summed E-state index contributed by atoms with van der Waals surface area (Å²) in [6, 6.07) is 81.3. The van der Waals surface area contributed by atoms with Crippen molar-refractivity contribution in [1.29, 1.82) is 0 Å². The molecule has 1 aliphatic rings. The molecule has 1 aromatic heterocycles. The molecule has 12 rings (SSSR count). The topological polar surface area (TPSA) is 28.9 Å². The van der Waals surface area contributed by atoms with E-state index in [1.165, 1.54) is 5.56 Å². The zero-order chi connectivity index (χ0) is 41.0. The van der Waals surface area contributed by atoms with Crippen LogP contribution in [0.25, 0.3) is 66.1 Å². The fourth-order valence-electron chi connectivity index (χ4n) is 9.20. The Hall–Kier alpha value is -8.34. The molecule has 0 spiro atoms. The lowest BCUT2D eigenvalue weighted by Gasteiger charge is -2.33. The van der Waals surface area contributed by atoms with Crippen molar-refractivity contribution < 1.29 is 9.15 Å². The van der Waals surface area contributed by atoms with Crippen molar-refractivity contribution in [3.63, 3.8) is 0 Å². The van der Waals surface area contributed by atoms with Gasteiger partial charge in [-0.05, 0) is 100 Å². The van der Waals surface area contributed by atoms with Gasteiger partial charge in [0, 0.05) is 50.0 Å². The Balaban J connectivity index is 1.03. The van der Waals surface area contributed by atoms with Gasteiger partial charge in [0.25, 0.3) is 0 Å². The number of furan rings is 1. The van der Waals surface area contributed by atoms with E-state index in [9.17, 15) is 0 Å². The molecule has 62 heavy (non-hydrogen) atoms. The molecule has 2 heterocycles. The third kappa shape index (κ3) is 5.92. The Bertz CT molecular complexity index is 3380. The molecule has 0 atom stereocenters. The number of para-hydroxylation sites is 4. The van der Waals surface area contributed by atoms with Gasteiger partial charge in [-0.3, -0.25) is 0 Å². The van der Waals surface area contributed by atoms with Crippen LogP contribution in [0, 0.1) is 0 Å². The Morgan fingerprint density at radius 3 is 1.61 bits per heavy atom. The Kier molecular flexibility index (Phi) is 8.46. The number of hydrogen-bond donors (Lipinski definition) is 0. The molecule has 10 aromatic carbocycles. The highest BCUT2D eigenvalue weighted by molar-refractivity contribution is 6.12. The summed E-state index contributed by atoms with van der Waals surface area (Å²) in [6.45, 7) is 0. The van der Waals surface area contributed by atoms with Crippen LogP contribution >= 0.6 is 0 Å². The molecule has 11 aromatic rings. The van der Waals surface area contributed by atoms with Gasteiger partial charge in [0.15, 0.2) is 5.75 Å². The van der Waals surface area contributed by atoms with Crippen molar-refractivity contribution in [3.05, 3.63) is 231 Å². The minimum absolute atomic E-state index is 0.801. The van der Waals surface area contributed by atoms with Crippen molar-refractivity contribution in [2.24, 2.45) is 0 Å². The zero-order valence-electron chi connectivity index (χ0n) is 33.7. The van der Waals surface area contributed by atoms with Gasteiger partial charge >= 0.3 is 0 Å². The molecule has 0 fully saturated rings. The second kappa shape index (κ2) is 14.7. The van der Waals surface area contributed by atoms with E-state index in [4.69, 9.17) is 9.15 Å². The monoisotopic (exact) mass is 794 g/mol. The molecule has 0 amide bonds. The van der Waals surface area contributed by atoms with Crippen LogP contribution in [0.4, 0.5) is 34.1 Å². The Labute approximate surface area is 359 Å². The van der Waals surface area contributed by atoms with Crippen molar-refractivity contribution >= 4 is 66.8 Å². The summed E-state index contributed by atoms with van der Waals surface area (Å²) in [6.07, 6.45) is 0. The third-order valence-electron chi connectivity index (χ3n) is 12.0. The Morgan fingerprint density at radius 1 is 0.339 bits per heavy atom. The summed E-state index contributed by atoms with van der Waals surface area (Å²) >= 11 is 0. The molecule has 1 aliphatic heterocycles. The minimum atomic E-state index is 0.801. The molecule has 4 nitrogen and oxygen atoms in total. The molecule has 0 radical (unpaired) electrons. The number of hydrogen-bond acceptors (Lipinski definition) is 4. The van der Waals surface area contributed by atoms with Crippen molar-refractivity contribution in [1.82, 2.24) is 0 Å². The molecule has 0 saturated heterocycles. The number of fused-ring (bicyclic) bond motifs is 5. The first kappa shape index (κ1) is 35.6. The molecular formula is C58H38N2O2. The highest BCUT2D eigenvalue weighted by atomic mass is 16.5. The number of rotatable bonds is 8. The highest BCUT2D eigenvalue weighted by Gasteiger charge is 2.30. The van der Waals surface area contributed by atoms with Gasteiger partial charge in [-0.15, -0.1) is 0 Å². The molecule has 0 saturated carbocycles. The first-order chi connectivity index (χ1) is 30.8. The van der Waals surface area contributed by atoms with Gasteiger partial charge in [-0.1, -0.05) is 158 Å². The maximum absolute atomic E-state index is 7.21. The summed E-state index contributed by atoms with van der Waals surface area (Å²) in [5, 5.41) is 4.44. The molecular weight excluding hydrogens is 757 g/mol. The van der Waals surface area contributed by atoms with E-state index in [-0.39, 0.29) is 0 Å². The maximum Gasteiger partial charge on any atom is 0.159 e. The molecule has 0 unspecified atom stereocenters. The molecule has 0 bridgehead atoms. The first-order valence-electron chi connectivity index (χ1n) is 21.0. The standard InChI is InChI=1S/C58H38N2O2/c1-4-15-39(16-5-1)40-29-34-45(35-30-40)59(46-36-31-41(32-37-46)47-23-13-24-49-48-22-10-11-27-53(48)61-57(47)49)51-26-14-28-54-56(51)50-25-12-17-42-33-38-52(58(62-54)55(42)50)60(43-18-6-2-7-19-43)44-20-8-3-9-21-44/h1-38H. The van der Waals surface area contributed by atoms with Crippen LogP contribution < -0.4 is 14.5 Å². The van der Waals surface area contributed by atoms with E-state index in [0.29, 0.717) is 0 Å². The van der Waals surface area contributed by atoms with Crippen molar-refractivity contribution in [2.45, 2.75) is 0 Å². The zero-order valence-corrected chi connectivity index (χ0v) is 33.7. The molecule has 292 valence electrons. The number of anilines is 6. The van der Waals surface area contributed by atoms with Gasteiger partial charge in [-0.2, -0.15) is 0 Å². The quantitative estimate of drug-likeness (QED) is 0.153. The lowest BCUT2D eigenvalue weighted by atomic mass is 9.91. The predicted octanol–water partition coefficient (Wildman–Crippen LogP) is 16.8. The minimum Gasteiger partial charge on any atom is -0.455 e. The van der Waals surface area contributed by atoms with Crippen LogP contribution in [0.15, 0.2) is 235 Å². The van der Waals surface area contributed by atoms with E-state index in [1.54, 1.807) is 0 Å². The van der Waals surface area contributed by atoms with Crippen LogP contribution in [0.5, 0.6) is 11.5 Å². The van der Waals surface area contributed by atoms with E-state index in [0.717, 1.165) is 106 Å². The number of benzene rings is 10. The van der Waals surface area contributed by atoms with Gasteiger partial charge in [0.05, 0.1) is 11.4 Å². The average molecular weight is 795 g/mol. The first-order valence-corrected chi connectivity index (χ1v) is 21.0. The van der Waals surface area contributed by atoms with E-state index in [2.05, 4.69) is 228 Å². The van der Waals surface area contributed by atoms with E-state index >= 15 is 0 Å². The smallest absolute Gasteiger partial charge is 0.159 e. The SMILES string of the molecule is c1ccc(-c2ccc(N(c3ccc(-c4cccc5c4oc4ccccc45)cc3)c3cccc4c3-c3cccc5ccc(N(c6ccccc6)c6ccccc6)c(c35)O4)cc2)cc1. The molecule has 4 heteroatoms.